The van der Waals surface area contributed by atoms with Crippen LogP contribution < -0.4 is 5.32 Å². The molecule has 0 saturated carbocycles. The van der Waals surface area contributed by atoms with E-state index in [-0.39, 0.29) is 30.1 Å². The van der Waals surface area contributed by atoms with Crippen LogP contribution in [-0.2, 0) is 26.3 Å². The maximum Gasteiger partial charge on any atom is 0.306 e. The highest BCUT2D eigenvalue weighted by atomic mass is 16.5. The Labute approximate surface area is 133 Å². The number of methoxy groups -OCH3 is 1. The first-order valence-corrected chi connectivity index (χ1v) is 7.59. The minimum Gasteiger partial charge on any atom is -0.469 e. The smallest absolute Gasteiger partial charge is 0.306 e. The number of nitrogens with one attached hydrogen (secondary N) is 1. The highest BCUT2D eigenvalue weighted by Crippen LogP contribution is 2.26. The molecule has 22 heavy (non-hydrogen) atoms. The van der Waals surface area contributed by atoms with Gasteiger partial charge in [0.25, 0.3) is 0 Å². The quantitative estimate of drug-likeness (QED) is 0.850. The molecular formula is C18H27NO3. The number of aryl methyl sites for hydroxylation is 2. The van der Waals surface area contributed by atoms with E-state index in [9.17, 15) is 9.59 Å². The molecule has 1 aromatic rings. The van der Waals surface area contributed by atoms with Gasteiger partial charge < -0.3 is 10.1 Å². The summed E-state index contributed by atoms with van der Waals surface area (Å²) < 4.78 is 4.53. The van der Waals surface area contributed by atoms with Gasteiger partial charge in [0.2, 0.25) is 5.91 Å². The molecule has 0 bridgehead atoms. The average Bonchev–Trinajstić information content (AvgIpc) is 2.42. The summed E-state index contributed by atoms with van der Waals surface area (Å²) in [6.45, 7) is 11.2. The number of amides is 1. The number of hydrogen-bond donors (Lipinski definition) is 1. The lowest BCUT2D eigenvalue weighted by Crippen LogP contribution is -2.24. The summed E-state index contributed by atoms with van der Waals surface area (Å²) >= 11 is 0. The molecule has 0 heterocycles. The van der Waals surface area contributed by atoms with Crippen LogP contribution in [0.25, 0.3) is 0 Å². The molecule has 1 rings (SSSR count). The maximum atomic E-state index is 11.8. The molecular weight excluding hydrogens is 278 g/mol. The molecule has 0 atom stereocenters. The molecule has 0 radical (unpaired) electrons. The van der Waals surface area contributed by atoms with Crippen molar-refractivity contribution in [2.24, 2.45) is 0 Å². The number of esters is 1. The fourth-order valence-electron chi connectivity index (χ4n) is 2.30. The van der Waals surface area contributed by atoms with Gasteiger partial charge in [0, 0.05) is 13.0 Å². The maximum absolute atomic E-state index is 11.8. The number of hydrogen-bond acceptors (Lipinski definition) is 3. The molecule has 0 aromatic heterocycles. The monoisotopic (exact) mass is 305 g/mol. The number of carbonyl (C=O) groups excluding carboxylic acids is 2. The largest absolute Gasteiger partial charge is 0.469 e. The molecule has 0 aliphatic heterocycles. The molecule has 4 heteroatoms. The highest BCUT2D eigenvalue weighted by Gasteiger charge is 2.16. The van der Waals surface area contributed by atoms with Crippen molar-refractivity contribution < 1.29 is 14.3 Å². The summed E-state index contributed by atoms with van der Waals surface area (Å²) in [5.74, 6) is -0.499. The van der Waals surface area contributed by atoms with E-state index >= 15 is 0 Å². The SMILES string of the molecule is COC(=O)CCC(=O)NCc1c(C)cc(C(C)(C)C)cc1C. The van der Waals surface area contributed by atoms with Crippen LogP contribution >= 0.6 is 0 Å². The number of ether oxygens (including phenoxy) is 1. The van der Waals surface area contributed by atoms with Crippen molar-refractivity contribution in [3.05, 3.63) is 34.4 Å². The third kappa shape index (κ3) is 5.17. The van der Waals surface area contributed by atoms with E-state index in [2.05, 4.69) is 56.8 Å². The Kier molecular flexibility index (Phi) is 6.15. The second-order valence-corrected chi connectivity index (χ2v) is 6.69. The zero-order valence-electron chi connectivity index (χ0n) is 14.5. The minimum atomic E-state index is -0.364. The topological polar surface area (TPSA) is 55.4 Å². The normalized spacial score (nSPS) is 11.2. The van der Waals surface area contributed by atoms with Crippen LogP contribution in [0.5, 0.6) is 0 Å². The Morgan fingerprint density at radius 1 is 1.09 bits per heavy atom. The Balaban J connectivity index is 2.71. The molecule has 1 amide bonds. The van der Waals surface area contributed by atoms with Crippen molar-refractivity contribution in [2.45, 2.75) is 59.4 Å². The number of rotatable bonds is 5. The van der Waals surface area contributed by atoms with Gasteiger partial charge in [-0.15, -0.1) is 0 Å². The highest BCUT2D eigenvalue weighted by molar-refractivity contribution is 5.81. The molecule has 0 fully saturated rings. The van der Waals surface area contributed by atoms with Crippen molar-refractivity contribution in [3.8, 4) is 0 Å². The summed E-state index contributed by atoms with van der Waals surface area (Å²) in [6, 6.07) is 4.37. The first-order valence-electron chi connectivity index (χ1n) is 7.59. The molecule has 0 spiro atoms. The standard InChI is InChI=1S/C18H27NO3/c1-12-9-14(18(3,4)5)10-13(2)15(12)11-19-16(20)7-8-17(21)22-6/h9-10H,7-8,11H2,1-6H3,(H,19,20). The molecule has 0 aliphatic carbocycles. The van der Waals surface area contributed by atoms with E-state index in [0.717, 1.165) is 5.56 Å². The predicted octanol–water partition coefficient (Wildman–Crippen LogP) is 3.17. The first-order chi connectivity index (χ1) is 10.1. The van der Waals surface area contributed by atoms with Crippen LogP contribution in [0, 0.1) is 13.8 Å². The van der Waals surface area contributed by atoms with E-state index in [1.807, 2.05) is 0 Å². The molecule has 0 unspecified atom stereocenters. The van der Waals surface area contributed by atoms with Crippen molar-refractivity contribution in [3.63, 3.8) is 0 Å². The average molecular weight is 305 g/mol. The van der Waals surface area contributed by atoms with E-state index in [1.165, 1.54) is 23.8 Å². The lowest BCUT2D eigenvalue weighted by molar-refractivity contribution is -0.142. The lowest BCUT2D eigenvalue weighted by atomic mass is 9.84. The van der Waals surface area contributed by atoms with Crippen molar-refractivity contribution >= 4 is 11.9 Å². The molecule has 1 aromatic carbocycles. The summed E-state index contributed by atoms with van der Waals surface area (Å²) in [5.41, 5.74) is 4.90. The van der Waals surface area contributed by atoms with Gasteiger partial charge in [-0.2, -0.15) is 0 Å². The van der Waals surface area contributed by atoms with E-state index in [4.69, 9.17) is 0 Å². The Hall–Kier alpha value is -1.84. The van der Waals surface area contributed by atoms with Crippen molar-refractivity contribution in [1.82, 2.24) is 5.32 Å². The fraction of sp³-hybridized carbons (Fsp3) is 0.556. The third-order valence-electron chi connectivity index (χ3n) is 3.81. The number of benzene rings is 1. The van der Waals surface area contributed by atoms with Gasteiger partial charge in [0.1, 0.15) is 0 Å². The lowest BCUT2D eigenvalue weighted by Gasteiger charge is -2.22. The van der Waals surface area contributed by atoms with Crippen LogP contribution in [-0.4, -0.2) is 19.0 Å². The zero-order chi connectivity index (χ0) is 16.9. The second kappa shape index (κ2) is 7.43. The van der Waals surface area contributed by atoms with Crippen molar-refractivity contribution in [1.29, 1.82) is 0 Å². The molecule has 0 saturated heterocycles. The molecule has 1 N–H and O–H groups in total. The van der Waals surface area contributed by atoms with Gasteiger partial charge in [0.05, 0.1) is 13.5 Å². The van der Waals surface area contributed by atoms with E-state index < -0.39 is 0 Å². The van der Waals surface area contributed by atoms with Gasteiger partial charge in [0.15, 0.2) is 0 Å². The second-order valence-electron chi connectivity index (χ2n) is 6.69. The van der Waals surface area contributed by atoms with Crippen LogP contribution in [0.15, 0.2) is 12.1 Å². The van der Waals surface area contributed by atoms with E-state index in [0.29, 0.717) is 6.54 Å². The third-order valence-corrected chi connectivity index (χ3v) is 3.81. The Morgan fingerprint density at radius 2 is 1.64 bits per heavy atom. The van der Waals surface area contributed by atoms with Gasteiger partial charge in [-0.3, -0.25) is 9.59 Å². The van der Waals surface area contributed by atoms with Gasteiger partial charge in [-0.1, -0.05) is 32.9 Å². The summed E-state index contributed by atoms with van der Waals surface area (Å²) in [7, 11) is 1.32. The summed E-state index contributed by atoms with van der Waals surface area (Å²) in [5, 5.41) is 2.87. The molecule has 122 valence electrons. The number of carbonyl (C=O) groups is 2. The van der Waals surface area contributed by atoms with Crippen LogP contribution in [0.1, 0.15) is 55.9 Å². The fourth-order valence-corrected chi connectivity index (χ4v) is 2.30. The molecule has 4 nitrogen and oxygen atoms in total. The van der Waals surface area contributed by atoms with Gasteiger partial charge in [-0.25, -0.2) is 0 Å². The molecule has 0 aliphatic rings. The predicted molar refractivity (Wildman–Crippen MR) is 87.7 cm³/mol. The summed E-state index contributed by atoms with van der Waals surface area (Å²) in [6.07, 6.45) is 0.272. The Bertz CT molecular complexity index is 533. The first kappa shape index (κ1) is 18.2. The van der Waals surface area contributed by atoms with Gasteiger partial charge >= 0.3 is 5.97 Å². The van der Waals surface area contributed by atoms with Crippen LogP contribution in [0.3, 0.4) is 0 Å². The minimum absolute atomic E-state index is 0.109. The van der Waals surface area contributed by atoms with Gasteiger partial charge in [-0.05, 0) is 41.5 Å². The van der Waals surface area contributed by atoms with Crippen LogP contribution in [0.2, 0.25) is 0 Å². The summed E-state index contributed by atoms with van der Waals surface area (Å²) in [4.78, 5) is 22.8. The zero-order valence-corrected chi connectivity index (χ0v) is 14.5. The van der Waals surface area contributed by atoms with E-state index in [1.54, 1.807) is 0 Å². The van der Waals surface area contributed by atoms with Crippen molar-refractivity contribution in [2.75, 3.05) is 7.11 Å². The van der Waals surface area contributed by atoms with Crippen LogP contribution in [0.4, 0.5) is 0 Å². The Morgan fingerprint density at radius 3 is 2.09 bits per heavy atom.